The molecule has 0 atom stereocenters. The molecule has 5 nitrogen and oxygen atoms in total. The molecule has 1 rings (SSSR count). The zero-order valence-corrected chi connectivity index (χ0v) is 12.9. The van der Waals surface area contributed by atoms with Crippen molar-refractivity contribution < 1.29 is 14.3 Å². The third kappa shape index (κ3) is 7.34. The minimum atomic E-state index is -0.172. The van der Waals surface area contributed by atoms with E-state index in [-0.39, 0.29) is 24.4 Å². The minimum Gasteiger partial charge on any atom is -0.493 e. The van der Waals surface area contributed by atoms with Crippen LogP contribution in [-0.4, -0.2) is 31.0 Å². The number of carbonyl (C=O) groups excluding carboxylic acids is 2. The van der Waals surface area contributed by atoms with E-state index in [1.807, 2.05) is 45.0 Å². The van der Waals surface area contributed by atoms with Crippen LogP contribution in [0.2, 0.25) is 0 Å². The largest absolute Gasteiger partial charge is 0.493 e. The zero-order chi connectivity index (χ0) is 15.7. The Labute approximate surface area is 126 Å². The van der Waals surface area contributed by atoms with Crippen molar-refractivity contribution in [1.29, 1.82) is 0 Å². The summed E-state index contributed by atoms with van der Waals surface area (Å²) < 4.78 is 5.61. The van der Waals surface area contributed by atoms with E-state index in [0.29, 0.717) is 19.4 Å². The molecule has 0 aromatic heterocycles. The first-order valence-electron chi connectivity index (χ1n) is 7.23. The number of amides is 2. The fourth-order valence-electron chi connectivity index (χ4n) is 1.77. The molecule has 0 aliphatic rings. The smallest absolute Gasteiger partial charge is 0.239 e. The maximum absolute atomic E-state index is 11.6. The van der Waals surface area contributed by atoms with Crippen LogP contribution in [0, 0.1) is 6.92 Å². The molecule has 21 heavy (non-hydrogen) atoms. The Morgan fingerprint density at radius 2 is 1.90 bits per heavy atom. The molecular weight excluding hydrogens is 268 g/mol. The number of aryl methyl sites for hydroxylation is 1. The van der Waals surface area contributed by atoms with Crippen molar-refractivity contribution in [2.75, 3.05) is 13.2 Å². The molecule has 0 saturated carbocycles. The van der Waals surface area contributed by atoms with Gasteiger partial charge in [-0.15, -0.1) is 0 Å². The molecule has 2 amide bonds. The molecule has 2 N–H and O–H groups in total. The lowest BCUT2D eigenvalue weighted by Gasteiger charge is -2.10. The molecule has 0 bridgehead atoms. The third-order valence-electron chi connectivity index (χ3n) is 2.80. The normalized spacial score (nSPS) is 10.3. The lowest BCUT2D eigenvalue weighted by atomic mass is 10.2. The average molecular weight is 292 g/mol. The highest BCUT2D eigenvalue weighted by atomic mass is 16.5. The number of hydrogen-bond donors (Lipinski definition) is 2. The summed E-state index contributed by atoms with van der Waals surface area (Å²) in [4.78, 5) is 22.9. The van der Waals surface area contributed by atoms with Gasteiger partial charge >= 0.3 is 0 Å². The molecule has 0 fully saturated rings. The van der Waals surface area contributed by atoms with Crippen LogP contribution in [0.25, 0.3) is 0 Å². The number of rotatable bonds is 8. The van der Waals surface area contributed by atoms with Gasteiger partial charge in [0.1, 0.15) is 5.75 Å². The Morgan fingerprint density at radius 1 is 1.19 bits per heavy atom. The molecule has 5 heteroatoms. The highest BCUT2D eigenvalue weighted by Crippen LogP contribution is 2.16. The molecule has 1 aromatic rings. The van der Waals surface area contributed by atoms with Crippen LogP contribution in [0.3, 0.4) is 0 Å². The van der Waals surface area contributed by atoms with Crippen molar-refractivity contribution in [2.45, 2.75) is 39.7 Å². The van der Waals surface area contributed by atoms with E-state index >= 15 is 0 Å². The predicted molar refractivity (Wildman–Crippen MR) is 82.2 cm³/mol. The number of carbonyl (C=O) groups is 2. The average Bonchev–Trinajstić information content (AvgIpc) is 2.42. The van der Waals surface area contributed by atoms with Gasteiger partial charge in [0.15, 0.2) is 0 Å². The summed E-state index contributed by atoms with van der Waals surface area (Å²) >= 11 is 0. The quantitative estimate of drug-likeness (QED) is 0.718. The van der Waals surface area contributed by atoms with Crippen molar-refractivity contribution in [3.05, 3.63) is 29.8 Å². The van der Waals surface area contributed by atoms with E-state index in [2.05, 4.69) is 10.6 Å². The molecule has 1 aromatic carbocycles. The monoisotopic (exact) mass is 292 g/mol. The Balaban J connectivity index is 2.14. The number of nitrogens with one attached hydrogen (secondary N) is 2. The molecular formula is C16H24N2O3. The highest BCUT2D eigenvalue weighted by Gasteiger charge is 2.06. The molecule has 0 unspecified atom stereocenters. The van der Waals surface area contributed by atoms with Crippen molar-refractivity contribution in [3.63, 3.8) is 0 Å². The highest BCUT2D eigenvalue weighted by molar-refractivity contribution is 5.84. The van der Waals surface area contributed by atoms with Crippen LogP contribution < -0.4 is 15.4 Å². The number of ether oxygens (including phenoxy) is 1. The van der Waals surface area contributed by atoms with Crippen LogP contribution in [-0.2, 0) is 9.59 Å². The number of benzene rings is 1. The fourth-order valence-corrected chi connectivity index (χ4v) is 1.77. The second-order valence-corrected chi connectivity index (χ2v) is 5.22. The maximum Gasteiger partial charge on any atom is 0.239 e. The molecule has 0 heterocycles. The van der Waals surface area contributed by atoms with Gasteiger partial charge in [0.2, 0.25) is 11.8 Å². The summed E-state index contributed by atoms with van der Waals surface area (Å²) in [6.07, 6.45) is 0.965. The van der Waals surface area contributed by atoms with E-state index in [1.165, 1.54) is 0 Å². The molecule has 116 valence electrons. The predicted octanol–water partition coefficient (Wildman–Crippen LogP) is 1.79. The Hall–Kier alpha value is -2.04. The van der Waals surface area contributed by atoms with Gasteiger partial charge in [0, 0.05) is 12.5 Å². The summed E-state index contributed by atoms with van der Waals surface area (Å²) in [5, 5.41) is 5.31. The summed E-state index contributed by atoms with van der Waals surface area (Å²) in [5.41, 5.74) is 1.08. The lowest BCUT2D eigenvalue weighted by molar-refractivity contribution is -0.126. The molecule has 0 saturated heterocycles. The minimum absolute atomic E-state index is 0.0235. The van der Waals surface area contributed by atoms with Crippen molar-refractivity contribution in [2.24, 2.45) is 0 Å². The van der Waals surface area contributed by atoms with Crippen LogP contribution in [0.5, 0.6) is 5.75 Å². The molecule has 0 aliphatic carbocycles. The third-order valence-corrected chi connectivity index (χ3v) is 2.80. The SMILES string of the molecule is Cc1ccccc1OCCCC(=O)NCC(=O)NC(C)C. The number of para-hydroxylation sites is 1. The Kier molecular flexibility index (Phi) is 7.29. The van der Waals surface area contributed by atoms with Gasteiger partial charge in [0.25, 0.3) is 0 Å². The van der Waals surface area contributed by atoms with Crippen LogP contribution in [0.4, 0.5) is 0 Å². The van der Waals surface area contributed by atoms with Crippen molar-refractivity contribution in [3.8, 4) is 5.75 Å². The summed E-state index contributed by atoms with van der Waals surface area (Å²) in [5.74, 6) is 0.533. The van der Waals surface area contributed by atoms with Crippen LogP contribution in [0.1, 0.15) is 32.3 Å². The zero-order valence-electron chi connectivity index (χ0n) is 12.9. The first kappa shape index (κ1) is 17.0. The second kappa shape index (κ2) is 9.00. The second-order valence-electron chi connectivity index (χ2n) is 5.22. The van der Waals surface area contributed by atoms with Gasteiger partial charge in [-0.25, -0.2) is 0 Å². The van der Waals surface area contributed by atoms with E-state index < -0.39 is 0 Å². The van der Waals surface area contributed by atoms with Gasteiger partial charge in [-0.3, -0.25) is 9.59 Å². The van der Waals surface area contributed by atoms with Gasteiger partial charge in [-0.1, -0.05) is 18.2 Å². The van der Waals surface area contributed by atoms with Crippen LogP contribution in [0.15, 0.2) is 24.3 Å². The fraction of sp³-hybridized carbons (Fsp3) is 0.500. The maximum atomic E-state index is 11.6. The van der Waals surface area contributed by atoms with Gasteiger partial charge in [0.05, 0.1) is 13.2 Å². The van der Waals surface area contributed by atoms with E-state index in [4.69, 9.17) is 4.74 Å². The Morgan fingerprint density at radius 3 is 2.57 bits per heavy atom. The summed E-state index contributed by atoms with van der Waals surface area (Å²) in [7, 11) is 0. The summed E-state index contributed by atoms with van der Waals surface area (Å²) in [6.45, 7) is 6.24. The topological polar surface area (TPSA) is 67.4 Å². The lowest BCUT2D eigenvalue weighted by Crippen LogP contribution is -2.39. The van der Waals surface area contributed by atoms with E-state index in [9.17, 15) is 9.59 Å². The van der Waals surface area contributed by atoms with Crippen LogP contribution >= 0.6 is 0 Å². The van der Waals surface area contributed by atoms with Gasteiger partial charge < -0.3 is 15.4 Å². The van der Waals surface area contributed by atoms with Crippen molar-refractivity contribution in [1.82, 2.24) is 10.6 Å². The van der Waals surface area contributed by atoms with E-state index in [0.717, 1.165) is 11.3 Å². The summed E-state index contributed by atoms with van der Waals surface area (Å²) in [6, 6.07) is 7.85. The van der Waals surface area contributed by atoms with Crippen molar-refractivity contribution >= 4 is 11.8 Å². The van der Waals surface area contributed by atoms with Gasteiger partial charge in [-0.2, -0.15) is 0 Å². The standard InChI is InChI=1S/C16H24N2O3/c1-12(2)18-16(20)11-17-15(19)9-6-10-21-14-8-5-4-7-13(14)3/h4-5,7-8,12H,6,9-11H2,1-3H3,(H,17,19)(H,18,20). The first-order valence-corrected chi connectivity index (χ1v) is 7.23. The first-order chi connectivity index (χ1) is 9.99. The molecule has 0 spiro atoms. The molecule has 0 aliphatic heterocycles. The number of hydrogen-bond acceptors (Lipinski definition) is 3. The molecule has 0 radical (unpaired) electrons. The van der Waals surface area contributed by atoms with Gasteiger partial charge in [-0.05, 0) is 38.8 Å². The van der Waals surface area contributed by atoms with E-state index in [1.54, 1.807) is 0 Å². The Bertz CT molecular complexity index is 472.